The fourth-order valence-corrected chi connectivity index (χ4v) is 2.39. The molecule has 0 saturated carbocycles. The van der Waals surface area contributed by atoms with Gasteiger partial charge in [-0.05, 0) is 12.8 Å². The van der Waals surface area contributed by atoms with E-state index < -0.39 is 0 Å². The molecule has 1 aliphatic carbocycles. The summed E-state index contributed by atoms with van der Waals surface area (Å²) in [4.78, 5) is 20.9. The van der Waals surface area contributed by atoms with Crippen molar-refractivity contribution in [3.63, 3.8) is 0 Å². The molecule has 0 aliphatic heterocycles. The summed E-state index contributed by atoms with van der Waals surface area (Å²) in [7, 11) is 0. The molecule has 90 valence electrons. The van der Waals surface area contributed by atoms with Gasteiger partial charge in [0, 0.05) is 12.0 Å². The van der Waals surface area contributed by atoms with Crippen molar-refractivity contribution >= 4 is 5.78 Å². The zero-order chi connectivity index (χ0) is 12.5. The van der Waals surface area contributed by atoms with Crippen LogP contribution in [0.1, 0.15) is 35.1 Å². The molecule has 3 heteroatoms. The van der Waals surface area contributed by atoms with Gasteiger partial charge in [0.25, 0.3) is 0 Å². The van der Waals surface area contributed by atoms with Crippen molar-refractivity contribution in [2.24, 2.45) is 0 Å². The lowest BCUT2D eigenvalue weighted by Crippen LogP contribution is -2.05. The van der Waals surface area contributed by atoms with Gasteiger partial charge in [-0.2, -0.15) is 0 Å². The Morgan fingerprint density at radius 3 is 2.61 bits per heavy atom. The number of hydrogen-bond acceptors (Lipinski definition) is 3. The van der Waals surface area contributed by atoms with Crippen molar-refractivity contribution in [2.75, 3.05) is 0 Å². The lowest BCUT2D eigenvalue weighted by molar-refractivity contribution is 0.0993. The Morgan fingerprint density at radius 1 is 1.11 bits per heavy atom. The second kappa shape index (κ2) is 4.33. The number of ketones is 1. The molecular formula is C15H14N2O. The molecule has 3 nitrogen and oxygen atoms in total. The number of carbonyl (C=O) groups is 1. The number of Topliss-reactive ketones (excluding diaryl/α,β-unsaturated/α-hetero) is 1. The van der Waals surface area contributed by atoms with Gasteiger partial charge in [-0.25, -0.2) is 9.97 Å². The van der Waals surface area contributed by atoms with Crippen molar-refractivity contribution in [1.82, 2.24) is 9.97 Å². The van der Waals surface area contributed by atoms with E-state index >= 15 is 0 Å². The molecule has 0 bridgehead atoms. The predicted molar refractivity (Wildman–Crippen MR) is 69.5 cm³/mol. The monoisotopic (exact) mass is 238 g/mol. The molecule has 2 aromatic rings. The van der Waals surface area contributed by atoms with E-state index in [1.165, 1.54) is 0 Å². The average Bonchev–Trinajstić information content (AvgIpc) is 2.81. The molecule has 0 spiro atoms. The van der Waals surface area contributed by atoms with Crippen LogP contribution in [0.2, 0.25) is 0 Å². The van der Waals surface area contributed by atoms with E-state index in [4.69, 9.17) is 0 Å². The van der Waals surface area contributed by atoms with Gasteiger partial charge in [-0.1, -0.05) is 37.3 Å². The van der Waals surface area contributed by atoms with Crippen LogP contribution in [0, 0.1) is 0 Å². The van der Waals surface area contributed by atoms with E-state index in [-0.39, 0.29) is 5.78 Å². The molecule has 0 radical (unpaired) electrons. The summed E-state index contributed by atoms with van der Waals surface area (Å²) in [5, 5.41) is 0. The summed E-state index contributed by atoms with van der Waals surface area (Å²) in [5.41, 5.74) is 3.60. The zero-order valence-electron chi connectivity index (χ0n) is 10.3. The molecule has 1 aromatic carbocycles. The van der Waals surface area contributed by atoms with Gasteiger partial charge in [-0.3, -0.25) is 4.79 Å². The van der Waals surface area contributed by atoms with E-state index in [1.807, 2.05) is 37.3 Å². The predicted octanol–water partition coefficient (Wildman–Crippen LogP) is 2.83. The molecular weight excluding hydrogens is 224 g/mol. The van der Waals surface area contributed by atoms with E-state index in [1.54, 1.807) is 0 Å². The van der Waals surface area contributed by atoms with Gasteiger partial charge >= 0.3 is 0 Å². The van der Waals surface area contributed by atoms with E-state index in [0.717, 1.165) is 41.2 Å². The quantitative estimate of drug-likeness (QED) is 0.808. The largest absolute Gasteiger partial charge is 0.294 e. The summed E-state index contributed by atoms with van der Waals surface area (Å²) in [5.74, 6) is 0.933. The Hall–Kier alpha value is -2.03. The third kappa shape index (κ3) is 1.72. The highest BCUT2D eigenvalue weighted by atomic mass is 16.1. The van der Waals surface area contributed by atoms with Gasteiger partial charge in [0.15, 0.2) is 11.6 Å². The van der Waals surface area contributed by atoms with E-state index in [2.05, 4.69) is 9.97 Å². The highest BCUT2D eigenvalue weighted by Crippen LogP contribution is 2.26. The molecule has 18 heavy (non-hydrogen) atoms. The number of aromatic nitrogens is 2. The third-order valence-corrected chi connectivity index (χ3v) is 3.29. The summed E-state index contributed by atoms with van der Waals surface area (Å²) in [6, 6.07) is 9.92. The second-order valence-corrected chi connectivity index (χ2v) is 4.46. The SMILES string of the molecule is CCc1nc(-c2ccccc2)nc2c1C(=O)CC2. The molecule has 3 rings (SSSR count). The molecule has 1 heterocycles. The van der Waals surface area contributed by atoms with Crippen LogP contribution in [0.15, 0.2) is 30.3 Å². The maximum Gasteiger partial charge on any atom is 0.166 e. The van der Waals surface area contributed by atoms with E-state index in [0.29, 0.717) is 6.42 Å². The lowest BCUT2D eigenvalue weighted by Gasteiger charge is -2.07. The first-order valence-electron chi connectivity index (χ1n) is 6.28. The molecule has 0 saturated heterocycles. The molecule has 1 aromatic heterocycles. The average molecular weight is 238 g/mol. The highest BCUT2D eigenvalue weighted by molar-refractivity contribution is 6.01. The third-order valence-electron chi connectivity index (χ3n) is 3.29. The topological polar surface area (TPSA) is 42.9 Å². The van der Waals surface area contributed by atoms with Crippen molar-refractivity contribution in [3.05, 3.63) is 47.3 Å². The van der Waals surface area contributed by atoms with Crippen LogP contribution in [-0.4, -0.2) is 15.8 Å². The zero-order valence-corrected chi connectivity index (χ0v) is 10.3. The fourth-order valence-electron chi connectivity index (χ4n) is 2.39. The molecule has 0 fully saturated rings. The number of fused-ring (bicyclic) bond motifs is 1. The number of benzene rings is 1. The number of carbonyl (C=O) groups excluding carboxylic acids is 1. The Kier molecular flexibility index (Phi) is 2.67. The number of rotatable bonds is 2. The molecule has 0 atom stereocenters. The van der Waals surface area contributed by atoms with Crippen molar-refractivity contribution in [2.45, 2.75) is 26.2 Å². The Bertz CT molecular complexity index is 605. The summed E-state index contributed by atoms with van der Waals surface area (Å²) < 4.78 is 0. The highest BCUT2D eigenvalue weighted by Gasteiger charge is 2.25. The van der Waals surface area contributed by atoms with Crippen molar-refractivity contribution < 1.29 is 4.79 Å². The minimum atomic E-state index is 0.196. The van der Waals surface area contributed by atoms with Crippen LogP contribution >= 0.6 is 0 Å². The fraction of sp³-hybridized carbons (Fsp3) is 0.267. The maximum absolute atomic E-state index is 11.8. The minimum absolute atomic E-state index is 0.196. The van der Waals surface area contributed by atoms with Crippen LogP contribution in [0.3, 0.4) is 0 Å². The smallest absolute Gasteiger partial charge is 0.166 e. The first-order chi connectivity index (χ1) is 8.79. The molecule has 1 aliphatic rings. The molecule has 0 amide bonds. The lowest BCUT2D eigenvalue weighted by atomic mass is 10.1. The second-order valence-electron chi connectivity index (χ2n) is 4.46. The first-order valence-corrected chi connectivity index (χ1v) is 6.28. The van der Waals surface area contributed by atoms with Gasteiger partial charge < -0.3 is 0 Å². The van der Waals surface area contributed by atoms with E-state index in [9.17, 15) is 4.79 Å². The van der Waals surface area contributed by atoms with Crippen LogP contribution in [-0.2, 0) is 12.8 Å². The van der Waals surface area contributed by atoms with Gasteiger partial charge in [0.1, 0.15) is 0 Å². The number of aryl methyl sites for hydroxylation is 2. The summed E-state index contributed by atoms with van der Waals surface area (Å²) >= 11 is 0. The number of nitrogens with zero attached hydrogens (tertiary/aromatic N) is 2. The standard InChI is InChI=1S/C15H14N2O/c1-2-11-14-12(8-9-13(14)18)17-15(16-11)10-6-4-3-5-7-10/h3-7H,2,8-9H2,1H3. The first kappa shape index (κ1) is 11.1. The minimum Gasteiger partial charge on any atom is -0.294 e. The van der Waals surface area contributed by atoms with Crippen LogP contribution in [0.4, 0.5) is 0 Å². The number of hydrogen-bond donors (Lipinski definition) is 0. The summed E-state index contributed by atoms with van der Waals surface area (Å²) in [6.07, 6.45) is 2.11. The van der Waals surface area contributed by atoms with Crippen LogP contribution < -0.4 is 0 Å². The van der Waals surface area contributed by atoms with Crippen molar-refractivity contribution in [3.8, 4) is 11.4 Å². The van der Waals surface area contributed by atoms with Gasteiger partial charge in [-0.15, -0.1) is 0 Å². The summed E-state index contributed by atoms with van der Waals surface area (Å²) in [6.45, 7) is 2.03. The maximum atomic E-state index is 11.8. The molecule has 0 unspecified atom stereocenters. The van der Waals surface area contributed by atoms with Gasteiger partial charge in [0.2, 0.25) is 0 Å². The van der Waals surface area contributed by atoms with Crippen molar-refractivity contribution in [1.29, 1.82) is 0 Å². The Labute approximate surface area is 106 Å². The normalized spacial score (nSPS) is 13.7. The Balaban J connectivity index is 2.17. The molecule has 0 N–H and O–H groups in total. The van der Waals surface area contributed by atoms with Crippen LogP contribution in [0.5, 0.6) is 0 Å². The Morgan fingerprint density at radius 2 is 1.89 bits per heavy atom. The van der Waals surface area contributed by atoms with Crippen LogP contribution in [0.25, 0.3) is 11.4 Å². The van der Waals surface area contributed by atoms with Gasteiger partial charge in [0.05, 0.1) is 17.0 Å².